The first-order valence-corrected chi connectivity index (χ1v) is 18.5. The summed E-state index contributed by atoms with van der Waals surface area (Å²) >= 11 is 0. The smallest absolute Gasteiger partial charge is 0.135 e. The standard InChI is InChI=1S/C50H37NO/c1-50(26-25-32-12-6-8-16-38(32)30-50)42-24-22-36(35-20-19-31-11-5-7-15-34(31)27-35)28-41(42)45-46-47(45)49(51-48(46)33-13-3-2-4-14-33)37-21-23-40-39-17-9-10-18-43(39)52-44(40)29-37/h2-29,45,47,49,51H,30H2,1H3. The predicted molar refractivity (Wildman–Crippen MR) is 215 cm³/mol. The monoisotopic (exact) mass is 667 g/mol. The molecule has 1 aliphatic heterocycles. The molecule has 2 heteroatoms. The summed E-state index contributed by atoms with van der Waals surface area (Å²) in [5.74, 6) is 0.636. The molecule has 0 bridgehead atoms. The molecule has 2 nitrogen and oxygen atoms in total. The van der Waals surface area contributed by atoms with Crippen LogP contribution in [0.2, 0.25) is 0 Å². The molecular weight excluding hydrogens is 631 g/mol. The first-order chi connectivity index (χ1) is 25.6. The summed E-state index contributed by atoms with van der Waals surface area (Å²) in [4.78, 5) is 0. The van der Waals surface area contributed by atoms with E-state index in [1.807, 2.05) is 6.07 Å². The number of para-hydroxylation sites is 1. The van der Waals surface area contributed by atoms with Gasteiger partial charge in [0.15, 0.2) is 0 Å². The second-order valence-electron chi connectivity index (χ2n) is 15.2. The molecule has 11 rings (SSSR count). The van der Waals surface area contributed by atoms with Gasteiger partial charge in [-0.2, -0.15) is 0 Å². The van der Waals surface area contributed by atoms with Crippen LogP contribution < -0.4 is 5.32 Å². The van der Waals surface area contributed by atoms with E-state index in [1.54, 1.807) is 0 Å². The lowest BCUT2D eigenvalue weighted by molar-refractivity contribution is 0.554. The van der Waals surface area contributed by atoms with Gasteiger partial charge in [0.25, 0.3) is 0 Å². The average molecular weight is 668 g/mol. The fourth-order valence-corrected chi connectivity index (χ4v) is 9.41. The Kier molecular flexibility index (Phi) is 6.37. The van der Waals surface area contributed by atoms with Crippen molar-refractivity contribution in [2.24, 2.45) is 5.92 Å². The fraction of sp³-hybridized carbons (Fsp3) is 0.120. The second-order valence-corrected chi connectivity index (χ2v) is 15.2. The Bertz CT molecular complexity index is 2780. The van der Waals surface area contributed by atoms with Crippen molar-refractivity contribution < 1.29 is 4.42 Å². The Balaban J connectivity index is 1.08. The molecule has 3 aliphatic rings. The van der Waals surface area contributed by atoms with Crippen molar-refractivity contribution in [3.8, 4) is 11.1 Å². The van der Waals surface area contributed by atoms with E-state index in [-0.39, 0.29) is 11.5 Å². The highest BCUT2D eigenvalue weighted by Crippen LogP contribution is 2.67. The van der Waals surface area contributed by atoms with Gasteiger partial charge in [-0.1, -0.05) is 159 Å². The summed E-state index contributed by atoms with van der Waals surface area (Å²) < 4.78 is 6.41. The maximum atomic E-state index is 6.41. The molecule has 1 aromatic heterocycles. The first-order valence-electron chi connectivity index (χ1n) is 18.5. The van der Waals surface area contributed by atoms with Crippen molar-refractivity contribution >= 4 is 44.5 Å². The molecule has 0 amide bonds. The molecule has 248 valence electrons. The van der Waals surface area contributed by atoms with Crippen molar-refractivity contribution in [1.82, 2.24) is 5.32 Å². The van der Waals surface area contributed by atoms with Crippen molar-refractivity contribution in [3.05, 3.63) is 203 Å². The third-order valence-electron chi connectivity index (χ3n) is 12.0. The van der Waals surface area contributed by atoms with Gasteiger partial charge >= 0.3 is 0 Å². The van der Waals surface area contributed by atoms with E-state index in [1.165, 1.54) is 77.3 Å². The number of fused-ring (bicyclic) bond motifs is 6. The van der Waals surface area contributed by atoms with Crippen LogP contribution in [0.5, 0.6) is 0 Å². The highest BCUT2D eigenvalue weighted by molar-refractivity contribution is 6.05. The van der Waals surface area contributed by atoms with Crippen LogP contribution in [0.1, 0.15) is 52.3 Å². The van der Waals surface area contributed by atoms with Crippen LogP contribution in [0.4, 0.5) is 0 Å². The van der Waals surface area contributed by atoms with Gasteiger partial charge in [0, 0.05) is 33.7 Å². The molecule has 7 aromatic carbocycles. The van der Waals surface area contributed by atoms with Crippen LogP contribution >= 0.6 is 0 Å². The molecule has 0 radical (unpaired) electrons. The zero-order valence-corrected chi connectivity index (χ0v) is 29.0. The quantitative estimate of drug-likeness (QED) is 0.198. The molecule has 4 unspecified atom stereocenters. The lowest BCUT2D eigenvalue weighted by atomic mass is 9.70. The Labute approximate surface area is 303 Å². The van der Waals surface area contributed by atoms with Crippen molar-refractivity contribution in [3.63, 3.8) is 0 Å². The van der Waals surface area contributed by atoms with E-state index in [0.29, 0.717) is 11.8 Å². The Morgan fingerprint density at radius 1 is 0.615 bits per heavy atom. The number of furan rings is 1. The van der Waals surface area contributed by atoms with Crippen LogP contribution in [-0.4, -0.2) is 0 Å². The molecule has 1 saturated carbocycles. The normalized spacial score (nSPS) is 21.8. The highest BCUT2D eigenvalue weighted by atomic mass is 16.3. The minimum Gasteiger partial charge on any atom is -0.456 e. The van der Waals surface area contributed by atoms with Crippen LogP contribution in [0.15, 0.2) is 174 Å². The van der Waals surface area contributed by atoms with Gasteiger partial charge in [0.2, 0.25) is 0 Å². The van der Waals surface area contributed by atoms with Crippen molar-refractivity contribution in [2.45, 2.75) is 30.7 Å². The van der Waals surface area contributed by atoms with E-state index in [0.717, 1.165) is 17.6 Å². The summed E-state index contributed by atoms with van der Waals surface area (Å²) in [7, 11) is 0. The Hall–Kier alpha value is -6.12. The zero-order valence-electron chi connectivity index (χ0n) is 29.0. The van der Waals surface area contributed by atoms with E-state index >= 15 is 0 Å². The fourth-order valence-electron chi connectivity index (χ4n) is 9.41. The molecule has 1 fully saturated rings. The number of rotatable bonds is 5. The van der Waals surface area contributed by atoms with E-state index in [4.69, 9.17) is 4.42 Å². The molecule has 1 N–H and O–H groups in total. The topological polar surface area (TPSA) is 25.2 Å². The van der Waals surface area contributed by atoms with Gasteiger partial charge in [-0.05, 0) is 85.5 Å². The molecule has 8 aromatic rings. The molecule has 2 heterocycles. The summed E-state index contributed by atoms with van der Waals surface area (Å²) in [5.41, 5.74) is 15.2. The predicted octanol–water partition coefficient (Wildman–Crippen LogP) is 12.4. The molecule has 0 spiro atoms. The number of hydrogen-bond acceptors (Lipinski definition) is 2. The SMILES string of the molecule is CC1(c2ccc(-c3ccc4ccccc4c3)cc2C2C3=C(c4ccccc4)NC(c4ccc5c(c4)oc4ccccc45)C32)C=Cc2ccccc2C1. The second kappa shape index (κ2) is 11.2. The molecule has 52 heavy (non-hydrogen) atoms. The summed E-state index contributed by atoms with van der Waals surface area (Å²) in [6, 6.07) is 58.0. The van der Waals surface area contributed by atoms with Crippen molar-refractivity contribution in [2.75, 3.05) is 0 Å². The largest absolute Gasteiger partial charge is 0.456 e. The number of nitrogens with one attached hydrogen (secondary N) is 1. The van der Waals surface area contributed by atoms with Gasteiger partial charge in [0.05, 0.1) is 6.04 Å². The van der Waals surface area contributed by atoms with Gasteiger partial charge in [0.1, 0.15) is 11.2 Å². The van der Waals surface area contributed by atoms with Gasteiger partial charge in [-0.3, -0.25) is 0 Å². The first kappa shape index (κ1) is 29.6. The van der Waals surface area contributed by atoms with Crippen molar-refractivity contribution in [1.29, 1.82) is 0 Å². The molecule has 2 aliphatic carbocycles. The van der Waals surface area contributed by atoms with Crippen LogP contribution in [0.3, 0.4) is 0 Å². The van der Waals surface area contributed by atoms with E-state index in [9.17, 15) is 0 Å². The molecular formula is C50H37NO. The van der Waals surface area contributed by atoms with Crippen LogP contribution in [0.25, 0.3) is 55.6 Å². The molecule has 0 saturated heterocycles. The van der Waals surface area contributed by atoms with Crippen LogP contribution in [-0.2, 0) is 11.8 Å². The van der Waals surface area contributed by atoms with Crippen LogP contribution in [0, 0.1) is 5.92 Å². The van der Waals surface area contributed by atoms with E-state index < -0.39 is 0 Å². The highest BCUT2D eigenvalue weighted by Gasteiger charge is 2.57. The van der Waals surface area contributed by atoms with Gasteiger partial charge in [-0.25, -0.2) is 0 Å². The third-order valence-corrected chi connectivity index (χ3v) is 12.0. The Morgan fingerprint density at radius 3 is 2.29 bits per heavy atom. The van der Waals surface area contributed by atoms with Gasteiger partial charge < -0.3 is 9.73 Å². The minimum absolute atomic E-state index is 0.133. The minimum atomic E-state index is -0.133. The average Bonchev–Trinajstić information content (AvgIpc) is 3.61. The number of hydrogen-bond donors (Lipinski definition) is 1. The zero-order chi connectivity index (χ0) is 34.4. The lowest BCUT2D eigenvalue weighted by Crippen LogP contribution is -2.27. The van der Waals surface area contributed by atoms with Gasteiger partial charge in [-0.15, -0.1) is 0 Å². The maximum Gasteiger partial charge on any atom is 0.135 e. The summed E-state index contributed by atoms with van der Waals surface area (Å²) in [6.07, 6.45) is 5.78. The number of benzene rings is 7. The Morgan fingerprint density at radius 2 is 1.37 bits per heavy atom. The summed E-state index contributed by atoms with van der Waals surface area (Å²) in [6.45, 7) is 2.43. The maximum absolute atomic E-state index is 6.41. The summed E-state index contributed by atoms with van der Waals surface area (Å²) in [5, 5.41) is 8.91. The molecule has 4 atom stereocenters. The third kappa shape index (κ3) is 4.57. The number of allylic oxidation sites excluding steroid dienone is 1. The lowest BCUT2D eigenvalue weighted by Gasteiger charge is -2.34. The van der Waals surface area contributed by atoms with E-state index in [2.05, 4.69) is 176 Å².